The van der Waals surface area contributed by atoms with E-state index in [1.807, 2.05) is 0 Å². The number of hydrogen-bond donors (Lipinski definition) is 1. The van der Waals surface area contributed by atoms with Crippen molar-refractivity contribution in [2.24, 2.45) is 0 Å². The van der Waals surface area contributed by atoms with Crippen molar-refractivity contribution in [1.82, 2.24) is 0 Å². The van der Waals surface area contributed by atoms with E-state index in [1.165, 1.54) is 0 Å². The van der Waals surface area contributed by atoms with Gasteiger partial charge in [0.15, 0.2) is 0 Å². The van der Waals surface area contributed by atoms with Crippen LogP contribution in [-0.2, 0) is 9.59 Å². The van der Waals surface area contributed by atoms with Crippen LogP contribution in [0.3, 0.4) is 0 Å². The number of aliphatic carboxylic acids is 1. The first-order valence-corrected chi connectivity index (χ1v) is 8.22. The second kappa shape index (κ2) is 4.83. The second-order valence-corrected chi connectivity index (χ2v) is 11.3. The van der Waals surface area contributed by atoms with Crippen LogP contribution < -0.4 is 0 Å². The van der Waals surface area contributed by atoms with Crippen molar-refractivity contribution < 1.29 is 14.7 Å². The monoisotopic (exact) mass is 272 g/mol. The van der Waals surface area contributed by atoms with E-state index in [1.54, 1.807) is 0 Å². The summed E-state index contributed by atoms with van der Waals surface area (Å²) < 4.78 is 0. The zero-order chi connectivity index (χ0) is 9.94. The molecule has 0 amide bonds. The molecule has 0 aliphatic heterocycles. The van der Waals surface area contributed by atoms with Crippen molar-refractivity contribution in [3.8, 4) is 0 Å². The fraction of sp³-hybridized carbons (Fsp3) is 0.500. The fourth-order valence-electron chi connectivity index (χ4n) is 0.499. The first-order valence-electron chi connectivity index (χ1n) is 2.73. The van der Waals surface area contributed by atoms with Gasteiger partial charge in [-0.05, 0) is 0 Å². The molecule has 0 fully saturated rings. The number of halogens is 4. The molecule has 0 spiro atoms. The molecule has 0 aromatic rings. The minimum absolute atomic E-state index is 0.537. The number of carbonyl (C=O) groups is 2. The van der Waals surface area contributed by atoms with Crippen LogP contribution in [0.4, 0.5) is 0 Å². The van der Waals surface area contributed by atoms with E-state index in [2.05, 4.69) is 0 Å². The van der Waals surface area contributed by atoms with Crippen LogP contribution in [0.1, 0.15) is 6.42 Å². The van der Waals surface area contributed by atoms with Crippen molar-refractivity contribution >= 4 is 61.9 Å². The van der Waals surface area contributed by atoms with Gasteiger partial charge in [-0.1, -0.05) is 0 Å². The summed E-state index contributed by atoms with van der Waals surface area (Å²) in [5.41, 5.74) is -1.18. The zero-order valence-corrected chi connectivity index (χ0v) is 9.58. The van der Waals surface area contributed by atoms with Crippen LogP contribution in [0.15, 0.2) is 0 Å². The molecule has 0 radical (unpaired) electrons. The van der Waals surface area contributed by atoms with Gasteiger partial charge in [-0.15, -0.1) is 0 Å². The molecule has 0 saturated carbocycles. The van der Waals surface area contributed by atoms with Gasteiger partial charge in [0.25, 0.3) is 0 Å². The van der Waals surface area contributed by atoms with Crippen LogP contribution in [-0.4, -0.2) is 22.0 Å². The van der Waals surface area contributed by atoms with E-state index >= 15 is 0 Å². The Morgan fingerprint density at radius 2 is 1.75 bits per heavy atom. The average Bonchev–Trinajstić information content (AvgIpc) is 1.79. The van der Waals surface area contributed by atoms with Crippen LogP contribution in [0.25, 0.3) is 0 Å². The van der Waals surface area contributed by atoms with Crippen molar-refractivity contribution in [3.05, 3.63) is 0 Å². The molecule has 12 heavy (non-hydrogen) atoms. The molecule has 0 aliphatic rings. The van der Waals surface area contributed by atoms with Gasteiger partial charge in [-0.25, -0.2) is 0 Å². The Kier molecular flexibility index (Phi) is 5.12. The van der Waals surface area contributed by atoms with Crippen LogP contribution in [0, 0.1) is 0 Å². The molecule has 1 N–H and O–H groups in total. The molecule has 0 saturated heterocycles. The summed E-state index contributed by atoms with van der Waals surface area (Å²) in [6, 6.07) is 0. The number of hydrogen-bond acceptors (Lipinski definition) is 2. The van der Waals surface area contributed by atoms with Gasteiger partial charge in [-0.3, -0.25) is 0 Å². The maximum absolute atomic E-state index is 10.6. The summed E-state index contributed by atoms with van der Waals surface area (Å²) in [5, 5.41) is 4.06. The van der Waals surface area contributed by atoms with Gasteiger partial charge >= 0.3 is 88.6 Å². The minimum atomic E-state index is -3.36. The Morgan fingerprint density at radius 1 is 1.33 bits per heavy atom. The third-order valence-corrected chi connectivity index (χ3v) is 5.12. The predicted octanol–water partition coefficient (Wildman–Crippen LogP) is 2.81. The molecule has 0 aliphatic carbocycles. The first-order chi connectivity index (χ1) is 5.25. The quantitative estimate of drug-likeness (QED) is 0.633. The Morgan fingerprint density at radius 3 is 1.83 bits per heavy atom. The molecule has 8 heteroatoms. The number of rotatable bonds is 4. The zero-order valence-electron chi connectivity index (χ0n) is 5.56. The molecule has 72 valence electrons. The molecule has 0 bridgehead atoms. The summed E-state index contributed by atoms with van der Waals surface area (Å²) >= 11 is 21.4. The van der Waals surface area contributed by atoms with E-state index in [0.717, 1.165) is 0 Å². The Bertz CT molecular complexity index is 201. The summed E-state index contributed by atoms with van der Waals surface area (Å²) in [5.74, 6) is -1.21. The van der Waals surface area contributed by atoms with Crippen LogP contribution in [0.2, 0.25) is 0 Å². The molecule has 3 nitrogen and oxygen atoms in total. The summed E-state index contributed by atoms with van der Waals surface area (Å²) in [4.78, 5) is 20.8. The first kappa shape index (κ1) is 12.7. The number of carboxylic acids is 1. The van der Waals surface area contributed by atoms with Crippen LogP contribution in [0.5, 0.6) is 0 Å². The second-order valence-electron chi connectivity index (χ2n) is 2.00. The molecule has 1 atom stereocenters. The molecular weight excluding hydrogens is 269 g/mol. The topological polar surface area (TPSA) is 54.4 Å². The van der Waals surface area contributed by atoms with E-state index in [0.29, 0.717) is 0 Å². The summed E-state index contributed by atoms with van der Waals surface area (Å²) in [6.07, 6.45) is -0.537. The van der Waals surface area contributed by atoms with Gasteiger partial charge in [0.2, 0.25) is 0 Å². The normalized spacial score (nSPS) is 15.3. The Balaban J connectivity index is 4.46. The Hall–Kier alpha value is 0.730. The summed E-state index contributed by atoms with van der Waals surface area (Å²) in [6.45, 7) is 0. The average molecular weight is 274 g/mol. The van der Waals surface area contributed by atoms with Crippen LogP contribution >= 0.6 is 50.6 Å². The van der Waals surface area contributed by atoms with E-state index in [-0.39, 0.29) is 0 Å². The predicted molar refractivity (Wildman–Crippen MR) is 52.8 cm³/mol. The molecule has 1 unspecified atom stereocenters. The number of carboxylic acid groups (broad SMARTS) is 1. The van der Waals surface area contributed by atoms with Gasteiger partial charge in [0.1, 0.15) is 0 Å². The SMILES string of the molecule is O=C(O)CC(C(=O)Cl)[PH](Cl)(Cl)Cl. The molecule has 0 aromatic carbocycles. The third kappa shape index (κ3) is 4.68. The third-order valence-electron chi connectivity index (χ3n) is 1.05. The van der Waals surface area contributed by atoms with Gasteiger partial charge in [0, 0.05) is 0 Å². The standard InChI is InChI=1S/C4H5Cl4O3P/c5-4(11)2(1-3(9)10)12(6,7)8/h2,12H,1H2,(H,9,10). The Labute approximate surface area is 88.6 Å². The van der Waals surface area contributed by atoms with Crippen molar-refractivity contribution in [2.45, 2.75) is 12.1 Å². The molecule has 0 heterocycles. The van der Waals surface area contributed by atoms with E-state index < -0.39 is 28.6 Å². The maximum atomic E-state index is 10.6. The van der Waals surface area contributed by atoms with E-state index in [9.17, 15) is 9.59 Å². The fourth-order valence-corrected chi connectivity index (χ4v) is 3.82. The molecular formula is C4H5Cl4O3P. The molecule has 0 rings (SSSR count). The van der Waals surface area contributed by atoms with Gasteiger partial charge < -0.3 is 0 Å². The summed E-state index contributed by atoms with van der Waals surface area (Å²) in [7, 11) is 0. The van der Waals surface area contributed by atoms with Crippen molar-refractivity contribution in [3.63, 3.8) is 0 Å². The number of carbonyl (C=O) groups excluding carboxylic acids is 1. The van der Waals surface area contributed by atoms with Crippen molar-refractivity contribution in [2.75, 3.05) is 0 Å². The molecule has 0 aromatic heterocycles. The van der Waals surface area contributed by atoms with Crippen molar-refractivity contribution in [1.29, 1.82) is 0 Å². The van der Waals surface area contributed by atoms with E-state index in [4.69, 9.17) is 50.4 Å². The van der Waals surface area contributed by atoms with Gasteiger partial charge in [0.05, 0.1) is 0 Å². The van der Waals surface area contributed by atoms with Gasteiger partial charge in [-0.2, -0.15) is 0 Å².